The number of methoxy groups -OCH3 is 1. The Bertz CT molecular complexity index is 1270. The zero-order valence-electron chi connectivity index (χ0n) is 20.6. The van der Waals surface area contributed by atoms with Crippen LogP contribution in [0.5, 0.6) is 11.5 Å². The Morgan fingerprint density at radius 3 is 2.31 bits per heavy atom. The molecule has 0 saturated carbocycles. The summed E-state index contributed by atoms with van der Waals surface area (Å²) in [5.74, 6) is 0.0876. The van der Waals surface area contributed by atoms with E-state index in [0.29, 0.717) is 31.1 Å². The van der Waals surface area contributed by atoms with Crippen molar-refractivity contribution in [2.45, 2.75) is 24.3 Å². The van der Waals surface area contributed by atoms with Crippen LogP contribution >= 0.6 is 0 Å². The van der Waals surface area contributed by atoms with Crippen molar-refractivity contribution in [2.75, 3.05) is 56.3 Å². The maximum Gasteiger partial charge on any atom is 0.265 e. The molecular formula is C23H31N3O8S2. The number of sulfonamides is 2. The fourth-order valence-corrected chi connectivity index (χ4v) is 5.61. The summed E-state index contributed by atoms with van der Waals surface area (Å²) in [4.78, 5) is 12.9. The maximum atomic E-state index is 13.2. The van der Waals surface area contributed by atoms with Gasteiger partial charge in [-0.3, -0.25) is 9.10 Å². The molecule has 11 nitrogen and oxygen atoms in total. The molecule has 1 saturated heterocycles. The molecule has 0 aliphatic carbocycles. The van der Waals surface area contributed by atoms with Gasteiger partial charge in [0.05, 0.1) is 32.3 Å². The lowest BCUT2D eigenvalue weighted by Crippen LogP contribution is -2.40. The first kappa shape index (κ1) is 27.7. The molecular weight excluding hydrogens is 510 g/mol. The number of carbonyl (C=O) groups is 1. The molecule has 1 amide bonds. The van der Waals surface area contributed by atoms with Gasteiger partial charge in [0.15, 0.2) is 6.10 Å². The van der Waals surface area contributed by atoms with E-state index < -0.39 is 32.1 Å². The number of hydrogen-bond acceptors (Lipinski definition) is 8. The van der Waals surface area contributed by atoms with Gasteiger partial charge in [-0.2, -0.15) is 4.31 Å². The Labute approximate surface area is 212 Å². The standard InChI is InChI=1S/C23H31N3O8S2/c1-5-20(34-19-9-7-18(8-10-19)25(2)35(4,28)29)23(27)24-17-6-11-21(32-3)22(16-17)36(30,31)26-12-14-33-15-13-26/h6-11,16,20H,5,12-15H2,1-4H3,(H,24,27)/t20-/m1/s1. The van der Waals surface area contributed by atoms with Gasteiger partial charge < -0.3 is 19.5 Å². The van der Waals surface area contributed by atoms with Crippen molar-refractivity contribution in [3.8, 4) is 11.5 Å². The molecule has 0 spiro atoms. The van der Waals surface area contributed by atoms with E-state index in [4.69, 9.17) is 14.2 Å². The highest BCUT2D eigenvalue weighted by Gasteiger charge is 2.30. The second kappa shape index (κ2) is 11.5. The molecule has 2 aromatic rings. The predicted molar refractivity (Wildman–Crippen MR) is 136 cm³/mol. The van der Waals surface area contributed by atoms with Crippen LogP contribution in [0.1, 0.15) is 13.3 Å². The Kier molecular flexibility index (Phi) is 8.82. The van der Waals surface area contributed by atoms with Crippen molar-refractivity contribution in [3.63, 3.8) is 0 Å². The molecule has 0 unspecified atom stereocenters. The van der Waals surface area contributed by atoms with Crippen molar-refractivity contribution in [2.24, 2.45) is 0 Å². The average molecular weight is 542 g/mol. The van der Waals surface area contributed by atoms with E-state index in [0.717, 1.165) is 10.6 Å². The van der Waals surface area contributed by atoms with Crippen molar-refractivity contribution in [1.82, 2.24) is 4.31 Å². The van der Waals surface area contributed by atoms with Crippen LogP contribution < -0.4 is 19.1 Å². The first-order chi connectivity index (χ1) is 17.0. The Hall–Kier alpha value is -2.87. The number of ether oxygens (including phenoxy) is 3. The normalized spacial score (nSPS) is 15.7. The third-order valence-corrected chi connectivity index (χ3v) is 8.78. The summed E-state index contributed by atoms with van der Waals surface area (Å²) in [5, 5.41) is 2.71. The first-order valence-electron chi connectivity index (χ1n) is 11.2. The molecule has 13 heteroatoms. The minimum Gasteiger partial charge on any atom is -0.495 e. The number of morpholine rings is 1. The minimum atomic E-state index is -3.86. The van der Waals surface area contributed by atoms with E-state index in [-0.39, 0.29) is 29.4 Å². The summed E-state index contributed by atoms with van der Waals surface area (Å²) in [6.45, 7) is 2.84. The summed E-state index contributed by atoms with van der Waals surface area (Å²) < 4.78 is 68.6. The van der Waals surface area contributed by atoms with Gasteiger partial charge in [-0.15, -0.1) is 0 Å². The number of nitrogens with one attached hydrogen (secondary N) is 1. The molecule has 1 aliphatic heterocycles. The van der Waals surface area contributed by atoms with Gasteiger partial charge in [-0.05, 0) is 48.9 Å². The van der Waals surface area contributed by atoms with Gasteiger partial charge in [0, 0.05) is 25.8 Å². The third kappa shape index (κ3) is 6.46. The van der Waals surface area contributed by atoms with Crippen LogP contribution in [0, 0.1) is 0 Å². The highest BCUT2D eigenvalue weighted by Crippen LogP contribution is 2.30. The molecule has 2 aromatic carbocycles. The fourth-order valence-electron chi connectivity index (χ4n) is 3.52. The number of hydrogen-bond donors (Lipinski definition) is 1. The number of carbonyl (C=O) groups excluding carboxylic acids is 1. The van der Waals surface area contributed by atoms with Crippen molar-refractivity contribution in [1.29, 1.82) is 0 Å². The fraction of sp³-hybridized carbons (Fsp3) is 0.435. The van der Waals surface area contributed by atoms with Gasteiger partial charge in [-0.1, -0.05) is 6.92 Å². The maximum absolute atomic E-state index is 13.2. The number of nitrogens with zero attached hydrogens (tertiary/aromatic N) is 2. The third-order valence-electron chi connectivity index (χ3n) is 5.66. The van der Waals surface area contributed by atoms with Gasteiger partial charge in [0.1, 0.15) is 16.4 Å². The summed E-state index contributed by atoms with van der Waals surface area (Å²) in [6, 6.07) is 10.7. The number of anilines is 2. The molecule has 1 aliphatic rings. The molecule has 0 bridgehead atoms. The van der Waals surface area contributed by atoms with Gasteiger partial charge >= 0.3 is 0 Å². The molecule has 1 N–H and O–H groups in total. The van der Waals surface area contributed by atoms with Gasteiger partial charge in [-0.25, -0.2) is 16.8 Å². The van der Waals surface area contributed by atoms with Crippen LogP contribution in [0.4, 0.5) is 11.4 Å². The summed E-state index contributed by atoms with van der Waals surface area (Å²) in [6.07, 6.45) is 0.572. The number of amides is 1. The first-order valence-corrected chi connectivity index (χ1v) is 14.5. The lowest BCUT2D eigenvalue weighted by atomic mass is 10.2. The van der Waals surface area contributed by atoms with Crippen LogP contribution in [0.3, 0.4) is 0 Å². The lowest BCUT2D eigenvalue weighted by Gasteiger charge is -2.27. The predicted octanol–water partition coefficient (Wildman–Crippen LogP) is 1.91. The van der Waals surface area contributed by atoms with E-state index in [1.165, 1.54) is 30.6 Å². The van der Waals surface area contributed by atoms with Gasteiger partial charge in [0.25, 0.3) is 5.91 Å². The zero-order chi connectivity index (χ0) is 26.5. The second-order valence-corrected chi connectivity index (χ2v) is 12.0. The second-order valence-electron chi connectivity index (χ2n) is 8.11. The number of rotatable bonds is 10. The van der Waals surface area contributed by atoms with E-state index in [1.54, 1.807) is 37.3 Å². The topological polar surface area (TPSA) is 132 Å². The minimum absolute atomic E-state index is 0.0516. The van der Waals surface area contributed by atoms with Crippen LogP contribution in [0.2, 0.25) is 0 Å². The Morgan fingerprint density at radius 2 is 1.75 bits per heavy atom. The molecule has 1 atom stereocenters. The summed E-state index contributed by atoms with van der Waals surface area (Å²) >= 11 is 0. The zero-order valence-corrected chi connectivity index (χ0v) is 22.3. The Morgan fingerprint density at radius 1 is 1.11 bits per heavy atom. The lowest BCUT2D eigenvalue weighted by molar-refractivity contribution is -0.122. The molecule has 198 valence electrons. The SMILES string of the molecule is CC[C@@H](Oc1ccc(N(C)S(C)(=O)=O)cc1)C(=O)Nc1ccc(OC)c(S(=O)(=O)N2CCOCC2)c1. The van der Waals surface area contributed by atoms with Crippen LogP contribution in [-0.2, 0) is 29.6 Å². The van der Waals surface area contributed by atoms with E-state index in [9.17, 15) is 21.6 Å². The largest absolute Gasteiger partial charge is 0.495 e. The molecule has 0 radical (unpaired) electrons. The summed E-state index contributed by atoms with van der Waals surface area (Å²) in [5.41, 5.74) is 0.731. The molecule has 1 heterocycles. The average Bonchev–Trinajstić information content (AvgIpc) is 2.87. The van der Waals surface area contributed by atoms with E-state index in [2.05, 4.69) is 5.32 Å². The smallest absolute Gasteiger partial charge is 0.265 e. The van der Waals surface area contributed by atoms with Crippen LogP contribution in [-0.4, -0.2) is 79.9 Å². The van der Waals surface area contributed by atoms with Crippen LogP contribution in [0.25, 0.3) is 0 Å². The highest BCUT2D eigenvalue weighted by atomic mass is 32.2. The van der Waals surface area contributed by atoms with E-state index >= 15 is 0 Å². The van der Waals surface area contributed by atoms with Gasteiger partial charge in [0.2, 0.25) is 20.0 Å². The Balaban J connectivity index is 1.76. The molecule has 0 aromatic heterocycles. The summed E-state index contributed by atoms with van der Waals surface area (Å²) in [7, 11) is -4.44. The molecule has 1 fully saturated rings. The number of benzene rings is 2. The highest BCUT2D eigenvalue weighted by molar-refractivity contribution is 7.92. The van der Waals surface area contributed by atoms with E-state index in [1.807, 2.05) is 0 Å². The van der Waals surface area contributed by atoms with Crippen LogP contribution in [0.15, 0.2) is 47.4 Å². The van der Waals surface area contributed by atoms with Crippen molar-refractivity contribution >= 4 is 37.3 Å². The van der Waals surface area contributed by atoms with Crippen molar-refractivity contribution < 1.29 is 35.8 Å². The molecule has 3 rings (SSSR count). The van der Waals surface area contributed by atoms with Crippen molar-refractivity contribution in [3.05, 3.63) is 42.5 Å². The quantitative estimate of drug-likeness (QED) is 0.483. The monoisotopic (exact) mass is 541 g/mol. The molecule has 36 heavy (non-hydrogen) atoms.